The van der Waals surface area contributed by atoms with Gasteiger partial charge >= 0.3 is 5.97 Å². The highest BCUT2D eigenvalue weighted by Crippen LogP contribution is 2.33. The molecular formula is C25H25FN2O6S. The van der Waals surface area contributed by atoms with Crippen LogP contribution in [0.5, 0.6) is 5.75 Å². The molecule has 0 bridgehead atoms. The lowest BCUT2D eigenvalue weighted by Gasteiger charge is -2.20. The van der Waals surface area contributed by atoms with Gasteiger partial charge in [-0.2, -0.15) is 13.4 Å². The predicted molar refractivity (Wildman–Crippen MR) is 128 cm³/mol. The monoisotopic (exact) mass is 500 g/mol. The molecule has 0 amide bonds. The Hall–Kier alpha value is -3.66. The van der Waals surface area contributed by atoms with Crippen LogP contribution < -0.4 is 9.46 Å². The molecule has 184 valence electrons. The average Bonchev–Trinajstić information content (AvgIpc) is 3.35. The number of methoxy groups -OCH3 is 1. The molecule has 1 aliphatic rings. The summed E-state index contributed by atoms with van der Waals surface area (Å²) in [5, 5.41) is 8.64. The van der Waals surface area contributed by atoms with Crippen LogP contribution in [0.25, 0.3) is 17.0 Å². The molecule has 0 saturated carbocycles. The summed E-state index contributed by atoms with van der Waals surface area (Å²) in [6, 6.07) is 9.20. The van der Waals surface area contributed by atoms with Crippen molar-refractivity contribution in [2.24, 2.45) is 5.92 Å². The molecule has 1 unspecified atom stereocenters. The number of aromatic carboxylic acids is 1. The number of rotatable bonds is 8. The third-order valence-electron chi connectivity index (χ3n) is 6.12. The molecule has 0 aliphatic heterocycles. The third-order valence-corrected chi connectivity index (χ3v) is 7.35. The van der Waals surface area contributed by atoms with Gasteiger partial charge in [0.1, 0.15) is 17.8 Å². The summed E-state index contributed by atoms with van der Waals surface area (Å²) in [6.07, 6.45) is 7.73. The molecule has 1 aromatic heterocycles. The maximum atomic E-state index is 14.1. The number of anilines is 1. The zero-order chi connectivity index (χ0) is 25.2. The number of carboxylic acids is 1. The summed E-state index contributed by atoms with van der Waals surface area (Å²) in [4.78, 5) is 15.2. The molecule has 0 saturated heterocycles. The Bertz CT molecular complexity index is 1380. The van der Waals surface area contributed by atoms with Crippen molar-refractivity contribution >= 4 is 27.3 Å². The molecule has 1 atom stereocenters. The number of halogens is 1. The Labute approximate surface area is 202 Å². The van der Waals surface area contributed by atoms with Crippen LogP contribution in [0.2, 0.25) is 0 Å². The zero-order valence-corrected chi connectivity index (χ0v) is 20.1. The summed E-state index contributed by atoms with van der Waals surface area (Å²) in [6.45, 7) is 2.21. The number of sulfonamides is 1. The van der Waals surface area contributed by atoms with Crippen molar-refractivity contribution in [1.82, 2.24) is 4.98 Å². The lowest BCUT2D eigenvalue weighted by molar-refractivity contribution is 0.0691. The van der Waals surface area contributed by atoms with Crippen LogP contribution in [0, 0.1) is 11.7 Å². The minimum atomic E-state index is -4.27. The minimum absolute atomic E-state index is 0.111. The van der Waals surface area contributed by atoms with Gasteiger partial charge in [0, 0.05) is 11.6 Å². The van der Waals surface area contributed by atoms with E-state index in [-0.39, 0.29) is 17.3 Å². The maximum absolute atomic E-state index is 14.1. The van der Waals surface area contributed by atoms with Gasteiger partial charge in [-0.25, -0.2) is 9.18 Å². The highest BCUT2D eigenvalue weighted by atomic mass is 32.2. The van der Waals surface area contributed by atoms with E-state index in [0.717, 1.165) is 42.7 Å². The second-order valence-corrected chi connectivity index (χ2v) is 9.92. The van der Waals surface area contributed by atoms with Crippen LogP contribution in [-0.2, 0) is 10.0 Å². The Balaban J connectivity index is 1.54. The van der Waals surface area contributed by atoms with Crippen LogP contribution in [0.1, 0.15) is 48.5 Å². The summed E-state index contributed by atoms with van der Waals surface area (Å²) >= 11 is 0. The Morgan fingerprint density at radius 3 is 2.57 bits per heavy atom. The predicted octanol–water partition coefficient (Wildman–Crippen LogP) is 5.58. The standard InChI is InChI=1S/C25H25FN2O6S/c1-3-15-4-6-16(7-5-15)17-8-10-18(11-9-17)24-27-23(14-34-24)35(31,32)28-21-13-20(26)19(25(29)30)12-22(21)33-2/h6,8-15,28H,3-5,7H2,1-2H3,(H,29,30). The van der Waals surface area contributed by atoms with E-state index in [1.54, 1.807) is 0 Å². The summed E-state index contributed by atoms with van der Waals surface area (Å²) in [5.74, 6) is -1.93. The summed E-state index contributed by atoms with van der Waals surface area (Å²) in [7, 11) is -3.07. The molecule has 1 aliphatic carbocycles. The van der Waals surface area contributed by atoms with Crippen molar-refractivity contribution < 1.29 is 31.9 Å². The van der Waals surface area contributed by atoms with Crippen molar-refractivity contribution in [3.05, 3.63) is 65.7 Å². The number of aromatic nitrogens is 1. The lowest BCUT2D eigenvalue weighted by Crippen LogP contribution is -2.15. The van der Waals surface area contributed by atoms with Crippen molar-refractivity contribution in [2.75, 3.05) is 11.8 Å². The SMILES string of the molecule is CCC1CC=C(c2ccc(-c3nc(S(=O)(=O)Nc4cc(F)c(C(=O)O)cc4OC)co3)cc2)CC1. The zero-order valence-electron chi connectivity index (χ0n) is 19.2. The number of carboxylic acid groups (broad SMARTS) is 1. The third kappa shape index (κ3) is 5.22. The highest BCUT2D eigenvalue weighted by Gasteiger charge is 2.24. The Morgan fingerprint density at radius 1 is 1.26 bits per heavy atom. The lowest BCUT2D eigenvalue weighted by atomic mass is 9.85. The van der Waals surface area contributed by atoms with E-state index in [2.05, 4.69) is 22.7 Å². The van der Waals surface area contributed by atoms with Gasteiger partial charge in [0.25, 0.3) is 10.0 Å². The summed E-state index contributed by atoms with van der Waals surface area (Å²) in [5.41, 5.74) is 2.10. The van der Waals surface area contributed by atoms with Crippen molar-refractivity contribution in [1.29, 1.82) is 0 Å². The Morgan fingerprint density at radius 2 is 1.97 bits per heavy atom. The van der Waals surface area contributed by atoms with E-state index in [0.29, 0.717) is 5.56 Å². The molecule has 35 heavy (non-hydrogen) atoms. The first-order chi connectivity index (χ1) is 16.7. The molecule has 0 spiro atoms. The highest BCUT2D eigenvalue weighted by molar-refractivity contribution is 7.92. The van der Waals surface area contributed by atoms with Gasteiger partial charge in [0.15, 0.2) is 0 Å². The van der Waals surface area contributed by atoms with Gasteiger partial charge < -0.3 is 14.3 Å². The first-order valence-electron chi connectivity index (χ1n) is 11.1. The topological polar surface area (TPSA) is 119 Å². The second kappa shape index (κ2) is 9.91. The molecule has 8 nitrogen and oxygen atoms in total. The van der Waals surface area contributed by atoms with E-state index in [1.165, 1.54) is 25.5 Å². The molecule has 4 rings (SSSR count). The van der Waals surface area contributed by atoms with E-state index < -0.39 is 32.4 Å². The number of benzene rings is 2. The van der Waals surface area contributed by atoms with Crippen LogP contribution in [0.4, 0.5) is 10.1 Å². The summed E-state index contributed by atoms with van der Waals surface area (Å²) < 4.78 is 52.3. The number of hydrogen-bond acceptors (Lipinski definition) is 6. The molecule has 3 aromatic rings. The quantitative estimate of drug-likeness (QED) is 0.414. The average molecular weight is 501 g/mol. The number of hydrogen-bond donors (Lipinski definition) is 2. The van der Waals surface area contributed by atoms with E-state index in [4.69, 9.17) is 14.3 Å². The van der Waals surface area contributed by atoms with Gasteiger partial charge in [0.05, 0.1) is 18.4 Å². The van der Waals surface area contributed by atoms with Gasteiger partial charge in [-0.15, -0.1) is 0 Å². The second-order valence-electron chi connectivity index (χ2n) is 8.29. The molecule has 0 fully saturated rings. The first kappa shape index (κ1) is 24.5. The molecule has 1 heterocycles. The van der Waals surface area contributed by atoms with Crippen molar-refractivity contribution in [2.45, 2.75) is 37.6 Å². The fourth-order valence-corrected chi connectivity index (χ4v) is 4.96. The van der Waals surface area contributed by atoms with Crippen LogP contribution in [0.15, 0.2) is 58.2 Å². The number of ether oxygens (including phenoxy) is 1. The van der Waals surface area contributed by atoms with Crippen LogP contribution >= 0.6 is 0 Å². The van der Waals surface area contributed by atoms with Gasteiger partial charge in [-0.1, -0.05) is 31.6 Å². The number of oxazole rings is 1. The Kier molecular flexibility index (Phi) is 6.93. The fraction of sp³-hybridized carbons (Fsp3) is 0.280. The minimum Gasteiger partial charge on any atom is -0.495 e. The van der Waals surface area contributed by atoms with Crippen molar-refractivity contribution in [3.63, 3.8) is 0 Å². The maximum Gasteiger partial charge on any atom is 0.338 e. The number of nitrogens with one attached hydrogen (secondary N) is 1. The van der Waals surface area contributed by atoms with Gasteiger partial charge in [-0.3, -0.25) is 4.72 Å². The molecule has 2 aromatic carbocycles. The molecule has 10 heteroatoms. The van der Waals surface area contributed by atoms with Crippen LogP contribution in [0.3, 0.4) is 0 Å². The fourth-order valence-electron chi connectivity index (χ4n) is 4.03. The smallest absolute Gasteiger partial charge is 0.338 e. The number of carbonyl (C=O) groups is 1. The van der Waals surface area contributed by atoms with E-state index in [9.17, 15) is 17.6 Å². The first-order valence-corrected chi connectivity index (χ1v) is 12.6. The molecule has 0 radical (unpaired) electrons. The van der Waals surface area contributed by atoms with E-state index >= 15 is 0 Å². The van der Waals surface area contributed by atoms with Crippen LogP contribution in [-0.4, -0.2) is 31.6 Å². The number of allylic oxidation sites excluding steroid dienone is 2. The molecular weight excluding hydrogens is 475 g/mol. The van der Waals surface area contributed by atoms with Crippen molar-refractivity contribution in [3.8, 4) is 17.2 Å². The normalized spacial score (nSPS) is 16.0. The van der Waals surface area contributed by atoms with Gasteiger partial charge in [-0.05, 0) is 54.5 Å². The largest absolute Gasteiger partial charge is 0.495 e. The van der Waals surface area contributed by atoms with E-state index in [1.807, 2.05) is 24.3 Å². The van der Waals surface area contributed by atoms with Gasteiger partial charge in [0.2, 0.25) is 10.9 Å². The molecule has 2 N–H and O–H groups in total. The number of nitrogens with zero attached hydrogens (tertiary/aromatic N) is 1.